The van der Waals surface area contributed by atoms with E-state index in [1.54, 1.807) is 0 Å². The molecule has 2 N–H and O–H groups in total. The number of carboxylic acid groups (broad SMARTS) is 1. The first-order valence-corrected chi connectivity index (χ1v) is 3.10. The van der Waals surface area contributed by atoms with Gasteiger partial charge in [0, 0.05) is 0 Å². The normalized spacial score (nSPS) is 21.4. The summed E-state index contributed by atoms with van der Waals surface area (Å²) in [4.78, 5) is 9.98. The van der Waals surface area contributed by atoms with Crippen molar-refractivity contribution in [2.75, 3.05) is 0 Å². The van der Waals surface area contributed by atoms with E-state index >= 15 is 0 Å². The molecule has 1 rings (SSSR count). The number of carbonyl (C=O) groups is 1. The van der Waals surface area contributed by atoms with Crippen molar-refractivity contribution in [1.29, 1.82) is 0 Å². The average Bonchev–Trinajstić information content (AvgIpc) is 2.40. The second-order valence-corrected chi connectivity index (χ2v) is 2.50. The lowest BCUT2D eigenvalue weighted by atomic mass is 10.2. The van der Waals surface area contributed by atoms with Crippen LogP contribution < -0.4 is 0 Å². The predicted octanol–water partition coefficient (Wildman–Crippen LogP) is 0.232. The highest BCUT2D eigenvalue weighted by molar-refractivity contribution is 5.67. The standard InChI is InChI=1S/C6H10O3/c7-5(3-6(8)9)4-1-2-4/h4-5,7H,1-3H2,(H,8,9)/t5-/m1/s1. The van der Waals surface area contributed by atoms with E-state index in [1.807, 2.05) is 0 Å². The molecule has 0 radical (unpaired) electrons. The second-order valence-electron chi connectivity index (χ2n) is 2.50. The summed E-state index contributed by atoms with van der Waals surface area (Å²) in [7, 11) is 0. The molecule has 0 aromatic heterocycles. The summed E-state index contributed by atoms with van der Waals surface area (Å²) in [5, 5.41) is 17.2. The molecule has 1 atom stereocenters. The molecular formula is C6H10O3. The molecule has 1 saturated carbocycles. The van der Waals surface area contributed by atoms with Gasteiger partial charge in [-0.2, -0.15) is 0 Å². The van der Waals surface area contributed by atoms with Gasteiger partial charge in [-0.1, -0.05) is 0 Å². The third-order valence-electron chi connectivity index (χ3n) is 1.55. The van der Waals surface area contributed by atoms with Crippen LogP contribution in [0, 0.1) is 5.92 Å². The van der Waals surface area contributed by atoms with Gasteiger partial charge in [-0.15, -0.1) is 0 Å². The van der Waals surface area contributed by atoms with E-state index in [0.29, 0.717) is 0 Å². The van der Waals surface area contributed by atoms with Crippen LogP contribution in [-0.4, -0.2) is 22.3 Å². The molecule has 0 amide bonds. The highest BCUT2D eigenvalue weighted by Gasteiger charge is 2.30. The van der Waals surface area contributed by atoms with Crippen LogP contribution in [0.2, 0.25) is 0 Å². The molecule has 0 aromatic carbocycles. The van der Waals surface area contributed by atoms with Crippen molar-refractivity contribution in [2.45, 2.75) is 25.4 Å². The van der Waals surface area contributed by atoms with Crippen molar-refractivity contribution < 1.29 is 15.0 Å². The van der Waals surface area contributed by atoms with Crippen LogP contribution in [0.15, 0.2) is 0 Å². The summed E-state index contributed by atoms with van der Waals surface area (Å²) in [5.74, 6) is -0.629. The molecule has 0 aromatic rings. The van der Waals surface area contributed by atoms with Crippen LogP contribution in [0.3, 0.4) is 0 Å². The third kappa shape index (κ3) is 2.01. The van der Waals surface area contributed by atoms with Gasteiger partial charge in [0.25, 0.3) is 0 Å². The largest absolute Gasteiger partial charge is 0.481 e. The maximum Gasteiger partial charge on any atom is 0.305 e. The van der Waals surface area contributed by atoms with Crippen LogP contribution in [-0.2, 0) is 4.79 Å². The molecule has 1 aliphatic carbocycles. The number of hydrogen-bond acceptors (Lipinski definition) is 2. The number of aliphatic hydroxyl groups excluding tert-OH is 1. The summed E-state index contributed by atoms with van der Waals surface area (Å²) in [6.45, 7) is 0. The molecule has 0 saturated heterocycles. The minimum absolute atomic E-state index is 0.0926. The molecule has 1 fully saturated rings. The van der Waals surface area contributed by atoms with Gasteiger partial charge in [-0.3, -0.25) is 4.79 Å². The summed E-state index contributed by atoms with van der Waals surface area (Å²) < 4.78 is 0. The Hall–Kier alpha value is -0.570. The zero-order valence-electron chi connectivity index (χ0n) is 5.08. The van der Waals surface area contributed by atoms with Gasteiger partial charge in [0.1, 0.15) is 0 Å². The molecule has 0 heterocycles. The van der Waals surface area contributed by atoms with Crippen molar-refractivity contribution >= 4 is 5.97 Å². The van der Waals surface area contributed by atoms with E-state index < -0.39 is 12.1 Å². The maximum atomic E-state index is 9.98. The minimum Gasteiger partial charge on any atom is -0.481 e. The molecular weight excluding hydrogens is 120 g/mol. The number of carboxylic acids is 1. The molecule has 0 bridgehead atoms. The van der Waals surface area contributed by atoms with Crippen LogP contribution in [0.5, 0.6) is 0 Å². The quantitative estimate of drug-likeness (QED) is 0.575. The fourth-order valence-electron chi connectivity index (χ4n) is 0.827. The first kappa shape index (κ1) is 6.55. The number of aliphatic hydroxyl groups is 1. The van der Waals surface area contributed by atoms with Gasteiger partial charge < -0.3 is 10.2 Å². The van der Waals surface area contributed by atoms with E-state index in [1.165, 1.54) is 0 Å². The second kappa shape index (κ2) is 2.35. The Bertz CT molecular complexity index is 117. The smallest absolute Gasteiger partial charge is 0.305 e. The molecule has 0 spiro atoms. The lowest BCUT2D eigenvalue weighted by molar-refractivity contribution is -0.139. The van der Waals surface area contributed by atoms with Gasteiger partial charge in [0.15, 0.2) is 0 Å². The Morgan fingerprint density at radius 3 is 2.56 bits per heavy atom. The minimum atomic E-state index is -0.908. The number of hydrogen-bond donors (Lipinski definition) is 2. The fourth-order valence-corrected chi connectivity index (χ4v) is 0.827. The zero-order valence-corrected chi connectivity index (χ0v) is 5.08. The van der Waals surface area contributed by atoms with Crippen LogP contribution in [0.25, 0.3) is 0 Å². The van der Waals surface area contributed by atoms with E-state index in [4.69, 9.17) is 10.2 Å². The van der Waals surface area contributed by atoms with Gasteiger partial charge in [-0.05, 0) is 18.8 Å². The topological polar surface area (TPSA) is 57.5 Å². The van der Waals surface area contributed by atoms with Gasteiger partial charge in [-0.25, -0.2) is 0 Å². The summed E-state index contributed by atoms with van der Waals surface area (Å²) in [6.07, 6.45) is 1.30. The van der Waals surface area contributed by atoms with E-state index in [9.17, 15) is 4.79 Å². The highest BCUT2D eigenvalue weighted by Crippen LogP contribution is 2.33. The predicted molar refractivity (Wildman–Crippen MR) is 31.0 cm³/mol. The number of aliphatic carboxylic acids is 1. The lowest BCUT2D eigenvalue weighted by Crippen LogP contribution is -2.14. The van der Waals surface area contributed by atoms with E-state index in [0.717, 1.165) is 12.8 Å². The first-order valence-electron chi connectivity index (χ1n) is 3.10. The van der Waals surface area contributed by atoms with Crippen LogP contribution in [0.1, 0.15) is 19.3 Å². The lowest BCUT2D eigenvalue weighted by Gasteiger charge is -2.02. The van der Waals surface area contributed by atoms with Crippen LogP contribution in [0.4, 0.5) is 0 Å². The van der Waals surface area contributed by atoms with Gasteiger partial charge >= 0.3 is 5.97 Å². The average molecular weight is 130 g/mol. The van der Waals surface area contributed by atoms with Crippen molar-refractivity contribution in [2.24, 2.45) is 5.92 Å². The Labute approximate surface area is 53.3 Å². The number of rotatable bonds is 3. The van der Waals surface area contributed by atoms with Crippen LogP contribution >= 0.6 is 0 Å². The van der Waals surface area contributed by atoms with E-state index in [-0.39, 0.29) is 12.3 Å². The maximum absolute atomic E-state index is 9.98. The monoisotopic (exact) mass is 130 g/mol. The van der Waals surface area contributed by atoms with Crippen molar-refractivity contribution in [3.8, 4) is 0 Å². The molecule has 52 valence electrons. The zero-order chi connectivity index (χ0) is 6.85. The molecule has 0 unspecified atom stereocenters. The molecule has 0 aliphatic heterocycles. The SMILES string of the molecule is O=C(O)C[C@@H](O)C1CC1. The molecule has 1 aliphatic rings. The van der Waals surface area contributed by atoms with Crippen molar-refractivity contribution in [1.82, 2.24) is 0 Å². The third-order valence-corrected chi connectivity index (χ3v) is 1.55. The summed E-state index contributed by atoms with van der Waals surface area (Å²) in [5.41, 5.74) is 0. The Balaban J connectivity index is 2.17. The molecule has 3 nitrogen and oxygen atoms in total. The Morgan fingerprint density at radius 2 is 2.22 bits per heavy atom. The van der Waals surface area contributed by atoms with Gasteiger partial charge in [0.05, 0.1) is 12.5 Å². The fraction of sp³-hybridized carbons (Fsp3) is 0.833. The molecule has 3 heteroatoms. The summed E-state index contributed by atoms with van der Waals surface area (Å²) in [6, 6.07) is 0. The highest BCUT2D eigenvalue weighted by atomic mass is 16.4. The summed E-state index contributed by atoms with van der Waals surface area (Å²) >= 11 is 0. The van der Waals surface area contributed by atoms with Crippen molar-refractivity contribution in [3.05, 3.63) is 0 Å². The van der Waals surface area contributed by atoms with Gasteiger partial charge in [0.2, 0.25) is 0 Å². The molecule has 9 heavy (non-hydrogen) atoms. The Morgan fingerprint density at radius 1 is 1.67 bits per heavy atom. The van der Waals surface area contributed by atoms with Crippen molar-refractivity contribution in [3.63, 3.8) is 0 Å². The van der Waals surface area contributed by atoms with E-state index in [2.05, 4.69) is 0 Å². The Kier molecular flexibility index (Phi) is 1.71. The first-order chi connectivity index (χ1) is 4.20.